The molecule has 1 N–H and O–H groups in total. The lowest BCUT2D eigenvalue weighted by molar-refractivity contribution is -0.130. The van der Waals surface area contributed by atoms with Crippen molar-refractivity contribution in [1.29, 1.82) is 0 Å². The van der Waals surface area contributed by atoms with Gasteiger partial charge in [0.1, 0.15) is 0 Å². The first-order valence-corrected chi connectivity index (χ1v) is 5.88. The van der Waals surface area contributed by atoms with E-state index in [0.29, 0.717) is 11.9 Å². The summed E-state index contributed by atoms with van der Waals surface area (Å²) in [5, 5.41) is 3.28. The van der Waals surface area contributed by atoms with Gasteiger partial charge in [0, 0.05) is 6.04 Å². The van der Waals surface area contributed by atoms with Crippen molar-refractivity contribution in [3.8, 4) is 0 Å². The van der Waals surface area contributed by atoms with Crippen LogP contribution in [0.1, 0.15) is 41.0 Å². The summed E-state index contributed by atoms with van der Waals surface area (Å²) in [6, 6.07) is 0.457. The van der Waals surface area contributed by atoms with E-state index in [1.54, 1.807) is 0 Å². The molecule has 2 fully saturated rings. The molecule has 1 aliphatic heterocycles. The highest BCUT2D eigenvalue weighted by Gasteiger charge is 2.68. The highest BCUT2D eigenvalue weighted by atomic mass is 16.2. The molecule has 0 aromatic rings. The third-order valence-corrected chi connectivity index (χ3v) is 4.75. The van der Waals surface area contributed by atoms with Crippen molar-refractivity contribution >= 4 is 5.91 Å². The van der Waals surface area contributed by atoms with Crippen LogP contribution in [-0.2, 0) is 4.79 Å². The predicted molar refractivity (Wildman–Crippen MR) is 60.3 cm³/mol. The summed E-state index contributed by atoms with van der Waals surface area (Å²) in [4.78, 5) is 14.1. The Hall–Kier alpha value is -0.570. The Bertz CT molecular complexity index is 282. The zero-order valence-corrected chi connectivity index (χ0v) is 10.4. The molecule has 1 heterocycles. The third kappa shape index (κ3) is 1.25. The van der Waals surface area contributed by atoms with Crippen molar-refractivity contribution in [2.75, 3.05) is 6.67 Å². The number of rotatable bonds is 2. The van der Waals surface area contributed by atoms with Crippen LogP contribution in [0, 0.1) is 10.8 Å². The highest BCUT2D eigenvalue weighted by Crippen LogP contribution is 2.65. The summed E-state index contributed by atoms with van der Waals surface area (Å²) in [5.74, 6) is 0.293. The zero-order valence-electron chi connectivity index (χ0n) is 10.4. The van der Waals surface area contributed by atoms with Gasteiger partial charge in [-0.2, -0.15) is 0 Å². The Kier molecular flexibility index (Phi) is 2.16. The molecule has 86 valence electrons. The molecule has 0 aromatic heterocycles. The Morgan fingerprint density at radius 2 is 1.87 bits per heavy atom. The molecule has 3 heteroatoms. The van der Waals surface area contributed by atoms with Gasteiger partial charge in [-0.15, -0.1) is 0 Å². The van der Waals surface area contributed by atoms with Crippen LogP contribution in [0.5, 0.6) is 0 Å². The topological polar surface area (TPSA) is 32.3 Å². The number of hydrogen-bond acceptors (Lipinski definition) is 2. The minimum atomic E-state index is 0.0530. The van der Waals surface area contributed by atoms with Crippen molar-refractivity contribution in [3.63, 3.8) is 0 Å². The smallest absolute Gasteiger partial charge is 0.241 e. The average molecular weight is 210 g/mol. The van der Waals surface area contributed by atoms with Gasteiger partial charge in [0.05, 0.1) is 12.7 Å². The second-order valence-corrected chi connectivity index (χ2v) is 5.98. The summed E-state index contributed by atoms with van der Waals surface area (Å²) in [5.41, 5.74) is 0.514. The van der Waals surface area contributed by atoms with Crippen LogP contribution in [0.25, 0.3) is 0 Å². The van der Waals surface area contributed by atoms with Gasteiger partial charge in [0.15, 0.2) is 0 Å². The zero-order chi connectivity index (χ0) is 11.4. The van der Waals surface area contributed by atoms with E-state index in [1.165, 1.54) is 0 Å². The van der Waals surface area contributed by atoms with Crippen LogP contribution in [0.15, 0.2) is 0 Å². The molecule has 1 saturated carbocycles. The largest absolute Gasteiger partial charge is 0.324 e. The summed E-state index contributed by atoms with van der Waals surface area (Å²) >= 11 is 0. The Morgan fingerprint density at radius 3 is 2.20 bits per heavy atom. The third-order valence-electron chi connectivity index (χ3n) is 4.75. The molecular weight excluding hydrogens is 188 g/mol. The van der Waals surface area contributed by atoms with Crippen molar-refractivity contribution in [2.24, 2.45) is 10.8 Å². The van der Waals surface area contributed by atoms with E-state index in [2.05, 4.69) is 39.9 Å². The molecule has 0 bridgehead atoms. The summed E-state index contributed by atoms with van der Waals surface area (Å²) in [6.45, 7) is 11.8. The molecule has 1 atom stereocenters. The monoisotopic (exact) mass is 210 g/mol. The van der Waals surface area contributed by atoms with E-state index >= 15 is 0 Å². The number of amides is 1. The predicted octanol–water partition coefficient (Wildman–Crippen LogP) is 1.59. The van der Waals surface area contributed by atoms with E-state index in [-0.39, 0.29) is 16.9 Å². The van der Waals surface area contributed by atoms with Gasteiger partial charge in [-0.25, -0.2) is 0 Å². The number of hydrogen-bond donors (Lipinski definition) is 1. The number of nitrogens with zero attached hydrogens (tertiary/aromatic N) is 1. The molecular formula is C12H22N2O. The fourth-order valence-electron chi connectivity index (χ4n) is 3.05. The first-order chi connectivity index (χ1) is 6.84. The molecule has 15 heavy (non-hydrogen) atoms. The van der Waals surface area contributed by atoms with Crippen molar-refractivity contribution in [3.05, 3.63) is 0 Å². The number of carbonyl (C=O) groups is 1. The number of carbonyl (C=O) groups excluding carboxylic acids is 1. The maximum absolute atomic E-state index is 12.1. The van der Waals surface area contributed by atoms with E-state index in [4.69, 9.17) is 0 Å². The Balaban J connectivity index is 2.13. The molecule has 1 aliphatic carbocycles. The van der Waals surface area contributed by atoms with E-state index in [9.17, 15) is 4.79 Å². The Labute approximate surface area is 92.2 Å². The van der Waals surface area contributed by atoms with Crippen LogP contribution < -0.4 is 5.32 Å². The maximum atomic E-state index is 12.1. The van der Waals surface area contributed by atoms with E-state index < -0.39 is 0 Å². The van der Waals surface area contributed by atoms with Gasteiger partial charge in [-0.05, 0) is 17.3 Å². The van der Waals surface area contributed by atoms with Crippen LogP contribution in [0.4, 0.5) is 0 Å². The van der Waals surface area contributed by atoms with Crippen LogP contribution in [-0.4, -0.2) is 29.6 Å². The molecule has 0 radical (unpaired) electrons. The molecule has 0 spiro atoms. The minimum absolute atomic E-state index is 0.0530. The SMILES string of the molecule is CCC1NCN(C2C(C)(C)C2(C)C)C1=O. The van der Waals surface area contributed by atoms with Crippen molar-refractivity contribution in [2.45, 2.75) is 53.1 Å². The molecule has 1 saturated heterocycles. The van der Waals surface area contributed by atoms with Gasteiger partial charge < -0.3 is 4.90 Å². The molecule has 1 unspecified atom stereocenters. The van der Waals surface area contributed by atoms with Gasteiger partial charge in [-0.1, -0.05) is 34.6 Å². The van der Waals surface area contributed by atoms with E-state index in [1.807, 2.05) is 4.90 Å². The lowest BCUT2D eigenvalue weighted by atomic mass is 10.0. The fourth-order valence-corrected chi connectivity index (χ4v) is 3.05. The normalized spacial score (nSPS) is 33.5. The number of nitrogens with one attached hydrogen (secondary N) is 1. The maximum Gasteiger partial charge on any atom is 0.241 e. The molecule has 1 amide bonds. The molecule has 3 nitrogen and oxygen atoms in total. The van der Waals surface area contributed by atoms with Gasteiger partial charge in [0.25, 0.3) is 0 Å². The fraction of sp³-hybridized carbons (Fsp3) is 0.917. The molecule has 2 aliphatic rings. The lowest BCUT2D eigenvalue weighted by Gasteiger charge is -2.17. The van der Waals surface area contributed by atoms with Crippen molar-refractivity contribution in [1.82, 2.24) is 10.2 Å². The van der Waals surface area contributed by atoms with Crippen LogP contribution in [0.3, 0.4) is 0 Å². The van der Waals surface area contributed by atoms with Gasteiger partial charge in [-0.3, -0.25) is 10.1 Å². The van der Waals surface area contributed by atoms with Crippen LogP contribution >= 0.6 is 0 Å². The van der Waals surface area contributed by atoms with Crippen molar-refractivity contribution < 1.29 is 4.79 Å². The lowest BCUT2D eigenvalue weighted by Crippen LogP contribution is -2.34. The average Bonchev–Trinajstić information content (AvgIpc) is 2.45. The summed E-state index contributed by atoms with van der Waals surface area (Å²) in [6.07, 6.45) is 0.892. The first kappa shape index (κ1) is 10.9. The van der Waals surface area contributed by atoms with Gasteiger partial charge >= 0.3 is 0 Å². The minimum Gasteiger partial charge on any atom is -0.324 e. The van der Waals surface area contributed by atoms with Gasteiger partial charge in [0.2, 0.25) is 5.91 Å². The Morgan fingerprint density at radius 1 is 1.33 bits per heavy atom. The standard InChI is InChI=1S/C12H22N2O/c1-6-8-9(15)14(7-13-8)10-11(2,3)12(10,4)5/h8,10,13H,6-7H2,1-5H3. The molecule has 0 aromatic carbocycles. The first-order valence-electron chi connectivity index (χ1n) is 5.88. The van der Waals surface area contributed by atoms with Crippen LogP contribution in [0.2, 0.25) is 0 Å². The summed E-state index contributed by atoms with van der Waals surface area (Å²) < 4.78 is 0. The quantitative estimate of drug-likeness (QED) is 0.750. The molecule has 2 rings (SSSR count). The second kappa shape index (κ2) is 2.97. The second-order valence-electron chi connectivity index (χ2n) is 5.98. The highest BCUT2D eigenvalue weighted by molar-refractivity contribution is 5.84. The summed E-state index contributed by atoms with van der Waals surface area (Å²) in [7, 11) is 0. The van der Waals surface area contributed by atoms with E-state index in [0.717, 1.165) is 13.1 Å².